The van der Waals surface area contributed by atoms with Crippen molar-refractivity contribution >= 4 is 6.29 Å². The number of carbonyl (C=O) groups is 1. The molecule has 1 aromatic carbocycles. The predicted octanol–water partition coefficient (Wildman–Crippen LogP) is 1.63. The first-order chi connectivity index (χ1) is 6.83. The van der Waals surface area contributed by atoms with Crippen molar-refractivity contribution in [2.75, 3.05) is 0 Å². The molecule has 68 valence electrons. The molecule has 0 amide bonds. The minimum Gasteiger partial charge on any atom is -0.302 e. The molecular formula is C11H8N2O. The smallest absolute Gasteiger partial charge is 0.138 e. The van der Waals surface area contributed by atoms with Crippen LogP contribution >= 0.6 is 0 Å². The molecule has 3 nitrogen and oxygen atoms in total. The van der Waals surface area contributed by atoms with E-state index in [2.05, 4.69) is 0 Å². The molecule has 1 aromatic rings. The molecule has 14 heavy (non-hydrogen) atoms. The van der Waals surface area contributed by atoms with E-state index in [1.54, 1.807) is 24.3 Å². The highest BCUT2D eigenvalue weighted by Gasteiger charge is 2.21. The molecule has 0 N–H and O–H groups in total. The molecule has 0 aliphatic carbocycles. The zero-order valence-corrected chi connectivity index (χ0v) is 7.42. The standard InChI is InChI=1S/C11H8N2O/c12-6-10(8-14)11(7-13)9-4-2-1-3-5-9/h1-5,8,10-11H/t10-,11-/m0/s1. The van der Waals surface area contributed by atoms with Gasteiger partial charge in [0.1, 0.15) is 12.2 Å². The van der Waals surface area contributed by atoms with Gasteiger partial charge in [0.25, 0.3) is 0 Å². The summed E-state index contributed by atoms with van der Waals surface area (Å²) in [5, 5.41) is 17.5. The van der Waals surface area contributed by atoms with Crippen LogP contribution in [0.2, 0.25) is 0 Å². The topological polar surface area (TPSA) is 64.7 Å². The van der Waals surface area contributed by atoms with Gasteiger partial charge >= 0.3 is 0 Å². The molecular weight excluding hydrogens is 176 g/mol. The molecule has 0 bridgehead atoms. The molecule has 0 heterocycles. The maximum Gasteiger partial charge on any atom is 0.138 e. The summed E-state index contributed by atoms with van der Waals surface area (Å²) >= 11 is 0. The Morgan fingerprint density at radius 3 is 2.21 bits per heavy atom. The van der Waals surface area contributed by atoms with Crippen LogP contribution in [0.1, 0.15) is 11.5 Å². The van der Waals surface area contributed by atoms with Crippen LogP contribution in [-0.4, -0.2) is 6.29 Å². The summed E-state index contributed by atoms with van der Waals surface area (Å²) in [4.78, 5) is 10.5. The van der Waals surface area contributed by atoms with Crippen molar-refractivity contribution in [1.82, 2.24) is 0 Å². The Morgan fingerprint density at radius 1 is 1.14 bits per heavy atom. The predicted molar refractivity (Wildman–Crippen MR) is 50.0 cm³/mol. The Hall–Kier alpha value is -2.13. The minimum atomic E-state index is -0.887. The lowest BCUT2D eigenvalue weighted by Crippen LogP contribution is -2.10. The molecule has 0 saturated heterocycles. The maximum absolute atomic E-state index is 10.5. The molecule has 0 unspecified atom stereocenters. The summed E-state index contributed by atoms with van der Waals surface area (Å²) in [6.45, 7) is 0. The second-order valence-corrected chi connectivity index (χ2v) is 2.81. The van der Waals surface area contributed by atoms with Crippen LogP contribution in [0.15, 0.2) is 30.3 Å². The van der Waals surface area contributed by atoms with E-state index in [0.717, 1.165) is 0 Å². The van der Waals surface area contributed by atoms with Gasteiger partial charge in [-0.3, -0.25) is 0 Å². The van der Waals surface area contributed by atoms with Crippen molar-refractivity contribution in [2.24, 2.45) is 5.92 Å². The third-order valence-electron chi connectivity index (χ3n) is 1.95. The van der Waals surface area contributed by atoms with E-state index in [4.69, 9.17) is 10.5 Å². The number of hydrogen-bond acceptors (Lipinski definition) is 3. The third-order valence-corrected chi connectivity index (χ3v) is 1.95. The molecule has 0 spiro atoms. The van der Waals surface area contributed by atoms with Crippen LogP contribution < -0.4 is 0 Å². The van der Waals surface area contributed by atoms with Crippen LogP contribution in [0.25, 0.3) is 0 Å². The van der Waals surface area contributed by atoms with E-state index in [1.807, 2.05) is 18.2 Å². The molecule has 1 rings (SSSR count). The Morgan fingerprint density at radius 2 is 1.79 bits per heavy atom. The fourth-order valence-electron chi connectivity index (χ4n) is 1.21. The van der Waals surface area contributed by atoms with Crippen LogP contribution in [0, 0.1) is 28.6 Å². The molecule has 0 fully saturated rings. The van der Waals surface area contributed by atoms with E-state index in [9.17, 15) is 4.79 Å². The number of nitrogens with zero attached hydrogens (tertiary/aromatic N) is 2. The van der Waals surface area contributed by atoms with E-state index in [-0.39, 0.29) is 0 Å². The molecule has 0 radical (unpaired) electrons. The van der Waals surface area contributed by atoms with E-state index in [0.29, 0.717) is 11.8 Å². The Balaban J connectivity index is 3.01. The first kappa shape index (κ1) is 9.95. The van der Waals surface area contributed by atoms with Crippen LogP contribution in [0.3, 0.4) is 0 Å². The van der Waals surface area contributed by atoms with E-state index in [1.165, 1.54) is 0 Å². The van der Waals surface area contributed by atoms with Gasteiger partial charge in [-0.05, 0) is 5.56 Å². The minimum absolute atomic E-state index is 0.515. The lowest BCUT2D eigenvalue weighted by molar-refractivity contribution is -0.109. The average Bonchev–Trinajstić information content (AvgIpc) is 2.27. The lowest BCUT2D eigenvalue weighted by Gasteiger charge is -2.09. The van der Waals surface area contributed by atoms with Gasteiger partial charge < -0.3 is 4.79 Å². The molecule has 2 atom stereocenters. The maximum atomic E-state index is 10.5. The summed E-state index contributed by atoms with van der Waals surface area (Å²) in [6, 6.07) is 12.6. The summed E-state index contributed by atoms with van der Waals surface area (Å²) in [5.41, 5.74) is 0.702. The fraction of sp³-hybridized carbons (Fsp3) is 0.182. The van der Waals surface area contributed by atoms with Gasteiger partial charge in [-0.1, -0.05) is 30.3 Å². The zero-order valence-electron chi connectivity index (χ0n) is 7.42. The van der Waals surface area contributed by atoms with E-state index < -0.39 is 11.8 Å². The first-order valence-electron chi connectivity index (χ1n) is 4.13. The molecule has 0 saturated carbocycles. The highest BCUT2D eigenvalue weighted by Crippen LogP contribution is 2.21. The van der Waals surface area contributed by atoms with Crippen LogP contribution in [0.5, 0.6) is 0 Å². The quantitative estimate of drug-likeness (QED) is 0.670. The van der Waals surface area contributed by atoms with Crippen molar-refractivity contribution < 1.29 is 4.79 Å². The van der Waals surface area contributed by atoms with Gasteiger partial charge in [0.15, 0.2) is 0 Å². The Kier molecular flexibility index (Phi) is 3.41. The average molecular weight is 184 g/mol. The zero-order chi connectivity index (χ0) is 10.4. The second kappa shape index (κ2) is 4.79. The third kappa shape index (κ3) is 1.97. The van der Waals surface area contributed by atoms with Crippen molar-refractivity contribution in [3.05, 3.63) is 35.9 Å². The lowest BCUT2D eigenvalue weighted by atomic mass is 9.89. The number of nitriles is 2. The van der Waals surface area contributed by atoms with Crippen molar-refractivity contribution in [1.29, 1.82) is 10.5 Å². The molecule has 0 aromatic heterocycles. The van der Waals surface area contributed by atoms with Gasteiger partial charge in [0.2, 0.25) is 0 Å². The Labute approximate surface area is 82.2 Å². The Bertz CT molecular complexity index is 386. The first-order valence-corrected chi connectivity index (χ1v) is 4.13. The number of hydrogen-bond donors (Lipinski definition) is 0. The summed E-state index contributed by atoms with van der Waals surface area (Å²) < 4.78 is 0. The van der Waals surface area contributed by atoms with Gasteiger partial charge in [-0.15, -0.1) is 0 Å². The molecule has 0 aliphatic rings. The SMILES string of the molecule is N#C[C@@H](C=O)[C@@H](C#N)c1ccccc1. The number of benzene rings is 1. The number of carbonyl (C=O) groups excluding carboxylic acids is 1. The van der Waals surface area contributed by atoms with Crippen molar-refractivity contribution in [2.45, 2.75) is 5.92 Å². The normalized spacial score (nSPS) is 13.3. The van der Waals surface area contributed by atoms with Crippen molar-refractivity contribution in [3.8, 4) is 12.1 Å². The monoisotopic (exact) mass is 184 g/mol. The van der Waals surface area contributed by atoms with Gasteiger partial charge in [-0.2, -0.15) is 10.5 Å². The summed E-state index contributed by atoms with van der Waals surface area (Å²) in [5.74, 6) is -1.55. The van der Waals surface area contributed by atoms with Crippen LogP contribution in [0.4, 0.5) is 0 Å². The fourth-order valence-corrected chi connectivity index (χ4v) is 1.21. The van der Waals surface area contributed by atoms with E-state index >= 15 is 0 Å². The number of aldehydes is 1. The molecule has 3 heteroatoms. The second-order valence-electron chi connectivity index (χ2n) is 2.81. The number of rotatable bonds is 3. The van der Waals surface area contributed by atoms with Crippen LogP contribution in [-0.2, 0) is 4.79 Å². The van der Waals surface area contributed by atoms with Gasteiger partial charge in [-0.25, -0.2) is 0 Å². The van der Waals surface area contributed by atoms with Crippen molar-refractivity contribution in [3.63, 3.8) is 0 Å². The van der Waals surface area contributed by atoms with Gasteiger partial charge in [0.05, 0.1) is 18.1 Å². The summed E-state index contributed by atoms with van der Waals surface area (Å²) in [7, 11) is 0. The van der Waals surface area contributed by atoms with Gasteiger partial charge in [0, 0.05) is 0 Å². The summed E-state index contributed by atoms with van der Waals surface area (Å²) in [6.07, 6.45) is 0.515. The largest absolute Gasteiger partial charge is 0.302 e. The molecule has 0 aliphatic heterocycles. The highest BCUT2D eigenvalue weighted by atomic mass is 16.1. The highest BCUT2D eigenvalue weighted by molar-refractivity contribution is 5.61.